The van der Waals surface area contributed by atoms with Crippen LogP contribution >= 0.6 is 11.8 Å². The number of carbonyl (C=O) groups is 1. The van der Waals surface area contributed by atoms with Crippen LogP contribution in [0.4, 0.5) is 17.6 Å². The van der Waals surface area contributed by atoms with E-state index in [-0.39, 0.29) is 29.1 Å². The van der Waals surface area contributed by atoms with Crippen molar-refractivity contribution in [1.29, 1.82) is 0 Å². The number of halogens is 4. The van der Waals surface area contributed by atoms with Crippen LogP contribution in [0.15, 0.2) is 123 Å². The summed E-state index contributed by atoms with van der Waals surface area (Å²) < 4.78 is 62.4. The third kappa shape index (κ3) is 8.03. The van der Waals surface area contributed by atoms with Gasteiger partial charge in [0.2, 0.25) is 0 Å². The number of rotatable bonds is 9. The van der Waals surface area contributed by atoms with Crippen molar-refractivity contribution in [3.05, 3.63) is 115 Å². The zero-order valence-electron chi connectivity index (χ0n) is 21.1. The molecule has 0 radical (unpaired) electrons. The van der Waals surface area contributed by atoms with Crippen molar-refractivity contribution in [2.75, 3.05) is 6.61 Å². The molecule has 39 heavy (non-hydrogen) atoms. The van der Waals surface area contributed by atoms with Gasteiger partial charge in [0.15, 0.2) is 21.3 Å². The normalized spacial score (nSPS) is 12.6. The molecule has 202 valence electrons. The maximum atomic E-state index is 13.5. The molecular weight excluding hydrogens is 548 g/mol. The summed E-state index contributed by atoms with van der Waals surface area (Å²) in [5, 5.41) is 0. The molecule has 1 atom stereocenters. The van der Waals surface area contributed by atoms with E-state index in [9.17, 15) is 22.4 Å². The molecule has 4 aromatic rings. The molecule has 0 saturated heterocycles. The first-order chi connectivity index (χ1) is 18.5. The average Bonchev–Trinajstić information content (AvgIpc) is 2.89. The predicted molar refractivity (Wildman–Crippen MR) is 144 cm³/mol. The minimum Gasteiger partial charge on any atom is -0.482 e. The molecule has 0 fully saturated rings. The van der Waals surface area contributed by atoms with E-state index in [0.29, 0.717) is 11.3 Å². The van der Waals surface area contributed by atoms with Gasteiger partial charge in [-0.05, 0) is 104 Å². The molecule has 0 aliphatic rings. The molecule has 0 saturated carbocycles. The summed E-state index contributed by atoms with van der Waals surface area (Å²) in [5.74, 6) is -0.447. The topological polar surface area (TPSA) is 35.5 Å². The molecule has 0 spiro atoms. The molecule has 0 heterocycles. The van der Waals surface area contributed by atoms with Crippen LogP contribution in [-0.4, -0.2) is 18.1 Å². The maximum Gasteiger partial charge on any atom is 0.446 e. The van der Waals surface area contributed by atoms with Gasteiger partial charge in [0.25, 0.3) is 0 Å². The first kappa shape index (κ1) is 28.6. The Kier molecular flexibility index (Phi) is 8.92. The molecule has 0 bridgehead atoms. The quantitative estimate of drug-likeness (QED) is 0.0872. The second kappa shape index (κ2) is 12.2. The van der Waals surface area contributed by atoms with Crippen molar-refractivity contribution in [2.24, 2.45) is 0 Å². The molecular formula is C30H25F4O3S2+. The number of esters is 1. The van der Waals surface area contributed by atoms with Gasteiger partial charge < -0.3 is 9.47 Å². The minimum absolute atomic E-state index is 0.0506. The van der Waals surface area contributed by atoms with Gasteiger partial charge in [-0.1, -0.05) is 30.3 Å². The summed E-state index contributed by atoms with van der Waals surface area (Å²) in [6, 6.07) is 29.4. The van der Waals surface area contributed by atoms with Crippen molar-refractivity contribution in [1.82, 2.24) is 0 Å². The van der Waals surface area contributed by atoms with Gasteiger partial charge in [0.05, 0.1) is 10.9 Å². The maximum absolute atomic E-state index is 13.5. The van der Waals surface area contributed by atoms with Crippen molar-refractivity contribution in [2.45, 2.75) is 44.5 Å². The van der Waals surface area contributed by atoms with Gasteiger partial charge in [-0.25, -0.2) is 9.18 Å². The average molecular weight is 574 g/mol. The lowest BCUT2D eigenvalue weighted by Crippen LogP contribution is -2.28. The van der Waals surface area contributed by atoms with Crippen LogP contribution in [0.5, 0.6) is 5.75 Å². The highest BCUT2D eigenvalue weighted by molar-refractivity contribution is 8.00. The number of hydrogen-bond acceptors (Lipinski definition) is 4. The first-order valence-corrected chi connectivity index (χ1v) is 13.9. The van der Waals surface area contributed by atoms with E-state index in [1.54, 1.807) is 38.1 Å². The molecule has 3 nitrogen and oxygen atoms in total. The minimum atomic E-state index is -4.37. The summed E-state index contributed by atoms with van der Waals surface area (Å²) in [6.45, 7) is 2.98. The molecule has 1 unspecified atom stereocenters. The summed E-state index contributed by atoms with van der Waals surface area (Å²) in [4.78, 5) is 15.6. The molecule has 0 amide bonds. The number of benzene rings is 4. The Hall–Kier alpha value is -3.43. The fourth-order valence-electron chi connectivity index (χ4n) is 3.78. The smallest absolute Gasteiger partial charge is 0.446 e. The zero-order valence-corrected chi connectivity index (χ0v) is 22.7. The Morgan fingerprint density at radius 3 is 1.87 bits per heavy atom. The monoisotopic (exact) mass is 573 g/mol. The highest BCUT2D eigenvalue weighted by atomic mass is 32.2. The number of ether oxygens (including phenoxy) is 2. The van der Waals surface area contributed by atoms with Crippen LogP contribution in [0.1, 0.15) is 19.4 Å². The number of hydrogen-bond donors (Lipinski definition) is 0. The van der Waals surface area contributed by atoms with Crippen molar-refractivity contribution in [3.8, 4) is 5.75 Å². The van der Waals surface area contributed by atoms with Gasteiger partial charge in [-0.2, -0.15) is 13.2 Å². The van der Waals surface area contributed by atoms with Crippen molar-refractivity contribution >= 4 is 28.6 Å². The molecule has 4 aromatic carbocycles. The Morgan fingerprint density at radius 2 is 1.31 bits per heavy atom. The van der Waals surface area contributed by atoms with E-state index < -0.39 is 28.0 Å². The van der Waals surface area contributed by atoms with E-state index in [1.165, 1.54) is 36.4 Å². The molecule has 0 aliphatic heterocycles. The summed E-state index contributed by atoms with van der Waals surface area (Å²) in [5.41, 5.74) is -4.88. The molecule has 9 heteroatoms. The highest BCUT2D eigenvalue weighted by Crippen LogP contribution is 2.38. The van der Waals surface area contributed by atoms with Gasteiger partial charge in [0.1, 0.15) is 17.2 Å². The van der Waals surface area contributed by atoms with Gasteiger partial charge in [-0.15, -0.1) is 0 Å². The van der Waals surface area contributed by atoms with Crippen LogP contribution in [-0.2, 0) is 26.0 Å². The summed E-state index contributed by atoms with van der Waals surface area (Å²) in [6.07, 6.45) is 0. The Labute approximate surface area is 231 Å². The highest BCUT2D eigenvalue weighted by Gasteiger charge is 2.31. The van der Waals surface area contributed by atoms with Crippen LogP contribution in [0.3, 0.4) is 0 Å². The van der Waals surface area contributed by atoms with Crippen LogP contribution < -0.4 is 4.74 Å². The third-order valence-corrected chi connectivity index (χ3v) is 8.57. The number of alkyl halides is 3. The van der Waals surface area contributed by atoms with Crippen molar-refractivity contribution < 1.29 is 31.8 Å². The second-order valence-electron chi connectivity index (χ2n) is 8.89. The van der Waals surface area contributed by atoms with Crippen molar-refractivity contribution in [3.63, 3.8) is 0 Å². The lowest BCUT2D eigenvalue weighted by atomic mass is 9.98. The number of carbonyl (C=O) groups excluding carboxylic acids is 1. The Balaban J connectivity index is 1.39. The molecule has 0 aromatic heterocycles. The van der Waals surface area contributed by atoms with E-state index >= 15 is 0 Å². The predicted octanol–water partition coefficient (Wildman–Crippen LogP) is 8.39. The second-order valence-corrected chi connectivity index (χ2v) is 12.1. The Bertz CT molecular complexity index is 1370. The third-order valence-electron chi connectivity index (χ3n) is 5.60. The number of thioether (sulfide) groups is 1. The fraction of sp³-hybridized carbons (Fsp3) is 0.167. The van der Waals surface area contributed by atoms with E-state index in [4.69, 9.17) is 9.47 Å². The summed E-state index contributed by atoms with van der Waals surface area (Å²) >= 11 is -0.202. The molecule has 4 rings (SSSR count). The standard InChI is InChI=1S/C30H25F4O3S2/c1-29(2,21-8-14-24(15-9-21)38-30(32,33)34)37-28(35)20-36-23-12-18-27(19-13-23)39(25-6-4-3-5-7-25)26-16-10-22(31)11-17-26/h3-19H,20H2,1-2H3/q+1. The molecule has 0 N–H and O–H groups in total. The summed E-state index contributed by atoms with van der Waals surface area (Å²) in [7, 11) is -0.464. The van der Waals surface area contributed by atoms with Crippen LogP contribution in [0.2, 0.25) is 0 Å². The van der Waals surface area contributed by atoms with E-state index in [1.807, 2.05) is 42.5 Å². The van der Waals surface area contributed by atoms with Crippen LogP contribution in [0.25, 0.3) is 0 Å². The SMILES string of the molecule is CC(C)(OC(=O)COc1ccc([S+](c2ccccc2)c2ccc(F)cc2)cc1)c1ccc(SC(F)(F)F)cc1. The van der Waals surface area contributed by atoms with Gasteiger partial charge >= 0.3 is 11.5 Å². The molecule has 0 aliphatic carbocycles. The first-order valence-electron chi connectivity index (χ1n) is 11.9. The largest absolute Gasteiger partial charge is 0.482 e. The lowest BCUT2D eigenvalue weighted by molar-refractivity contribution is -0.159. The van der Waals surface area contributed by atoms with E-state index in [2.05, 4.69) is 0 Å². The fourth-order valence-corrected chi connectivity index (χ4v) is 6.38. The van der Waals surface area contributed by atoms with Crippen LogP contribution in [0, 0.1) is 5.82 Å². The van der Waals surface area contributed by atoms with Gasteiger partial charge in [0, 0.05) is 4.90 Å². The van der Waals surface area contributed by atoms with Gasteiger partial charge in [-0.3, -0.25) is 0 Å². The lowest BCUT2D eigenvalue weighted by Gasteiger charge is -2.26. The Morgan fingerprint density at radius 1 is 0.769 bits per heavy atom. The zero-order chi connectivity index (χ0) is 28.0. The van der Waals surface area contributed by atoms with E-state index in [0.717, 1.165) is 14.7 Å².